The predicted molar refractivity (Wildman–Crippen MR) is 114 cm³/mol. The number of nitrogens with one attached hydrogen (secondary N) is 1. The summed E-state index contributed by atoms with van der Waals surface area (Å²) in [6.45, 7) is 4.01. The van der Waals surface area contributed by atoms with Gasteiger partial charge in [-0.2, -0.15) is 5.10 Å². The standard InChI is InChI=1S/C21H19BrClN3O/c1-14-11-17(15(2)26(14)20-6-4-3-5-19(20)23)13-24-25-21(27)12-16-7-9-18(22)10-8-16/h3-11,13H,12H2,1-2H3,(H,25,27)/b24-13-. The van der Waals surface area contributed by atoms with Crippen molar-refractivity contribution in [2.24, 2.45) is 5.10 Å². The normalized spacial score (nSPS) is 11.1. The molecule has 27 heavy (non-hydrogen) atoms. The smallest absolute Gasteiger partial charge is 0.244 e. The van der Waals surface area contributed by atoms with E-state index in [2.05, 4.69) is 31.0 Å². The van der Waals surface area contributed by atoms with Gasteiger partial charge in [0.25, 0.3) is 0 Å². The molecule has 0 saturated carbocycles. The molecule has 0 bridgehead atoms. The van der Waals surface area contributed by atoms with Crippen molar-refractivity contribution in [3.8, 4) is 5.69 Å². The van der Waals surface area contributed by atoms with Gasteiger partial charge in [-0.25, -0.2) is 5.43 Å². The number of benzene rings is 2. The molecular formula is C21H19BrClN3O. The average molecular weight is 445 g/mol. The molecule has 0 atom stereocenters. The van der Waals surface area contributed by atoms with Crippen LogP contribution in [-0.2, 0) is 11.2 Å². The van der Waals surface area contributed by atoms with Crippen LogP contribution in [0.2, 0.25) is 5.02 Å². The monoisotopic (exact) mass is 443 g/mol. The van der Waals surface area contributed by atoms with Gasteiger partial charge in [0.05, 0.1) is 23.3 Å². The highest BCUT2D eigenvalue weighted by Crippen LogP contribution is 2.25. The molecule has 4 nitrogen and oxygen atoms in total. The van der Waals surface area contributed by atoms with Crippen LogP contribution in [0.3, 0.4) is 0 Å². The average Bonchev–Trinajstić information content (AvgIpc) is 2.91. The topological polar surface area (TPSA) is 46.4 Å². The van der Waals surface area contributed by atoms with Gasteiger partial charge in [0, 0.05) is 21.4 Å². The molecule has 0 aliphatic heterocycles. The van der Waals surface area contributed by atoms with Crippen LogP contribution in [-0.4, -0.2) is 16.7 Å². The van der Waals surface area contributed by atoms with Crippen LogP contribution in [0.4, 0.5) is 0 Å². The van der Waals surface area contributed by atoms with Crippen LogP contribution in [0.5, 0.6) is 0 Å². The summed E-state index contributed by atoms with van der Waals surface area (Å²) < 4.78 is 3.06. The zero-order chi connectivity index (χ0) is 19.4. The molecule has 1 amide bonds. The maximum absolute atomic E-state index is 12.1. The Bertz CT molecular complexity index is 993. The third-order valence-electron chi connectivity index (χ3n) is 4.23. The number of aryl methyl sites for hydroxylation is 1. The summed E-state index contributed by atoms with van der Waals surface area (Å²) in [7, 11) is 0. The molecule has 1 N–H and O–H groups in total. The van der Waals surface area contributed by atoms with E-state index in [0.717, 1.165) is 32.7 Å². The van der Waals surface area contributed by atoms with Crippen LogP contribution < -0.4 is 5.43 Å². The third kappa shape index (κ3) is 4.67. The lowest BCUT2D eigenvalue weighted by atomic mass is 10.1. The molecule has 0 unspecified atom stereocenters. The zero-order valence-electron chi connectivity index (χ0n) is 15.0. The minimum atomic E-state index is -0.159. The first-order valence-corrected chi connectivity index (χ1v) is 9.63. The SMILES string of the molecule is Cc1cc(/C=N\NC(=O)Cc2ccc(Br)cc2)c(C)n1-c1ccccc1Cl. The number of nitrogens with zero attached hydrogens (tertiary/aromatic N) is 2. The first kappa shape index (κ1) is 19.4. The lowest BCUT2D eigenvalue weighted by molar-refractivity contribution is -0.120. The first-order chi connectivity index (χ1) is 13.0. The van der Waals surface area contributed by atoms with Crippen molar-refractivity contribution in [2.75, 3.05) is 0 Å². The summed E-state index contributed by atoms with van der Waals surface area (Å²) in [6.07, 6.45) is 1.94. The lowest BCUT2D eigenvalue weighted by Crippen LogP contribution is -2.19. The van der Waals surface area contributed by atoms with Gasteiger partial charge >= 0.3 is 0 Å². The molecule has 0 spiro atoms. The predicted octanol–water partition coefficient (Wildman–Crippen LogP) is 5.20. The van der Waals surface area contributed by atoms with Gasteiger partial charge in [-0.3, -0.25) is 4.79 Å². The fourth-order valence-electron chi connectivity index (χ4n) is 2.92. The van der Waals surface area contributed by atoms with E-state index in [1.165, 1.54) is 0 Å². The van der Waals surface area contributed by atoms with Crippen molar-refractivity contribution < 1.29 is 4.79 Å². The summed E-state index contributed by atoms with van der Waals surface area (Å²) in [5.41, 5.74) is 7.42. The van der Waals surface area contributed by atoms with Crippen molar-refractivity contribution in [1.82, 2.24) is 9.99 Å². The van der Waals surface area contributed by atoms with E-state index < -0.39 is 0 Å². The van der Waals surface area contributed by atoms with E-state index in [4.69, 9.17) is 11.6 Å². The van der Waals surface area contributed by atoms with Gasteiger partial charge in [-0.1, -0.05) is 51.8 Å². The molecule has 6 heteroatoms. The van der Waals surface area contributed by atoms with Crippen LogP contribution in [0.15, 0.2) is 64.2 Å². The van der Waals surface area contributed by atoms with Gasteiger partial charge in [-0.15, -0.1) is 0 Å². The second kappa shape index (κ2) is 8.55. The maximum Gasteiger partial charge on any atom is 0.244 e. The highest BCUT2D eigenvalue weighted by atomic mass is 79.9. The van der Waals surface area contributed by atoms with Crippen molar-refractivity contribution >= 4 is 39.7 Å². The molecule has 0 saturated heterocycles. The molecule has 1 heterocycles. The summed E-state index contributed by atoms with van der Waals surface area (Å²) in [6, 6.07) is 17.4. The van der Waals surface area contributed by atoms with Crippen LogP contribution in [0, 0.1) is 13.8 Å². The molecule has 0 aliphatic carbocycles. The van der Waals surface area contributed by atoms with E-state index in [-0.39, 0.29) is 12.3 Å². The first-order valence-electron chi connectivity index (χ1n) is 8.46. The molecule has 1 aromatic heterocycles. The molecular weight excluding hydrogens is 426 g/mol. The number of amides is 1. The van der Waals surface area contributed by atoms with Gasteiger partial charge in [0.15, 0.2) is 0 Å². The van der Waals surface area contributed by atoms with Crippen molar-refractivity contribution in [3.05, 3.63) is 86.6 Å². The lowest BCUT2D eigenvalue weighted by Gasteiger charge is -2.11. The quantitative estimate of drug-likeness (QED) is 0.426. The summed E-state index contributed by atoms with van der Waals surface area (Å²) in [5.74, 6) is -0.159. The van der Waals surface area contributed by atoms with Crippen molar-refractivity contribution in [2.45, 2.75) is 20.3 Å². The fourth-order valence-corrected chi connectivity index (χ4v) is 3.41. The molecule has 0 aliphatic rings. The summed E-state index contributed by atoms with van der Waals surface area (Å²) in [5, 5.41) is 4.79. The number of halogens is 2. The molecule has 3 rings (SSSR count). The molecule has 138 valence electrons. The Morgan fingerprint density at radius 2 is 1.89 bits per heavy atom. The van der Waals surface area contributed by atoms with E-state index in [1.54, 1.807) is 6.21 Å². The van der Waals surface area contributed by atoms with Crippen LogP contribution in [0.1, 0.15) is 22.5 Å². The van der Waals surface area contributed by atoms with Crippen molar-refractivity contribution in [1.29, 1.82) is 0 Å². The van der Waals surface area contributed by atoms with E-state index in [1.807, 2.05) is 68.4 Å². The van der Waals surface area contributed by atoms with Gasteiger partial charge in [0.2, 0.25) is 5.91 Å². The number of hydrogen-bond acceptors (Lipinski definition) is 2. The summed E-state index contributed by atoms with van der Waals surface area (Å²) >= 11 is 9.71. The molecule has 0 fully saturated rings. The second-order valence-electron chi connectivity index (χ2n) is 6.21. The Balaban J connectivity index is 1.71. The minimum absolute atomic E-state index is 0.159. The Hall–Kier alpha value is -2.37. The Labute approximate surface area is 172 Å². The van der Waals surface area contributed by atoms with E-state index in [9.17, 15) is 4.79 Å². The van der Waals surface area contributed by atoms with E-state index in [0.29, 0.717) is 5.02 Å². The number of carbonyl (C=O) groups excluding carboxylic acids is 1. The maximum atomic E-state index is 12.1. The Morgan fingerprint density at radius 3 is 2.59 bits per heavy atom. The minimum Gasteiger partial charge on any atom is -0.316 e. The molecule has 2 aromatic carbocycles. The number of aromatic nitrogens is 1. The Morgan fingerprint density at radius 1 is 1.19 bits per heavy atom. The Kier molecular flexibility index (Phi) is 6.14. The number of para-hydroxylation sites is 1. The van der Waals surface area contributed by atoms with Gasteiger partial charge in [-0.05, 0) is 49.7 Å². The second-order valence-corrected chi connectivity index (χ2v) is 7.53. The highest BCUT2D eigenvalue weighted by Gasteiger charge is 2.11. The fraction of sp³-hybridized carbons (Fsp3) is 0.143. The summed E-state index contributed by atoms with van der Waals surface area (Å²) in [4.78, 5) is 12.1. The zero-order valence-corrected chi connectivity index (χ0v) is 17.4. The molecule has 0 radical (unpaired) electrons. The number of rotatable bonds is 5. The van der Waals surface area contributed by atoms with Gasteiger partial charge in [0.1, 0.15) is 0 Å². The van der Waals surface area contributed by atoms with Crippen LogP contribution in [0.25, 0.3) is 5.69 Å². The largest absolute Gasteiger partial charge is 0.316 e. The van der Waals surface area contributed by atoms with E-state index >= 15 is 0 Å². The number of carbonyl (C=O) groups is 1. The molecule has 3 aromatic rings. The highest BCUT2D eigenvalue weighted by molar-refractivity contribution is 9.10. The number of hydrazone groups is 1. The van der Waals surface area contributed by atoms with Crippen LogP contribution >= 0.6 is 27.5 Å². The third-order valence-corrected chi connectivity index (χ3v) is 5.08. The van der Waals surface area contributed by atoms with Crippen molar-refractivity contribution in [3.63, 3.8) is 0 Å². The van der Waals surface area contributed by atoms with Gasteiger partial charge < -0.3 is 4.57 Å². The number of hydrogen-bond donors (Lipinski definition) is 1.